The Kier molecular flexibility index (Phi) is 6.03. The molecule has 0 radical (unpaired) electrons. The van der Waals surface area contributed by atoms with Crippen molar-refractivity contribution in [3.8, 4) is 0 Å². The van der Waals surface area contributed by atoms with E-state index in [1.807, 2.05) is 24.3 Å². The van der Waals surface area contributed by atoms with Crippen LogP contribution >= 0.6 is 0 Å². The Bertz CT molecular complexity index is 799. The van der Waals surface area contributed by atoms with Crippen LogP contribution in [0.5, 0.6) is 0 Å². The summed E-state index contributed by atoms with van der Waals surface area (Å²) in [5.41, 5.74) is 2.32. The van der Waals surface area contributed by atoms with Gasteiger partial charge in [0.1, 0.15) is 5.69 Å². The predicted molar refractivity (Wildman–Crippen MR) is 104 cm³/mol. The van der Waals surface area contributed by atoms with Gasteiger partial charge in [-0.15, -0.1) is 0 Å². The average Bonchev–Trinajstić information content (AvgIpc) is 2.73. The number of benzene rings is 1. The normalized spacial score (nSPS) is 14.7. The second-order valence-electron chi connectivity index (χ2n) is 6.32. The molecule has 7 heteroatoms. The van der Waals surface area contributed by atoms with E-state index >= 15 is 0 Å². The second-order valence-corrected chi connectivity index (χ2v) is 6.32. The Hall–Kier alpha value is -2.93. The molecular formula is C20H24N4O3. The van der Waals surface area contributed by atoms with Crippen molar-refractivity contribution >= 4 is 23.3 Å². The van der Waals surface area contributed by atoms with Gasteiger partial charge in [0, 0.05) is 32.4 Å². The van der Waals surface area contributed by atoms with E-state index in [0.29, 0.717) is 5.56 Å². The number of aromatic nitrogens is 1. The predicted octanol–water partition coefficient (Wildman–Crippen LogP) is 2.26. The first-order valence-corrected chi connectivity index (χ1v) is 9.04. The van der Waals surface area contributed by atoms with Crippen LogP contribution in [-0.4, -0.2) is 61.6 Å². The lowest BCUT2D eigenvalue weighted by atomic mass is 10.2. The van der Waals surface area contributed by atoms with Crippen molar-refractivity contribution in [2.24, 2.45) is 0 Å². The number of hydrogen-bond donors (Lipinski definition) is 1. The van der Waals surface area contributed by atoms with E-state index in [1.54, 1.807) is 0 Å². The zero-order valence-corrected chi connectivity index (χ0v) is 15.6. The highest BCUT2D eigenvalue weighted by atomic mass is 16.5. The maximum atomic E-state index is 12.6. The fraction of sp³-hybridized carbons (Fsp3) is 0.350. The Morgan fingerprint density at radius 1 is 1.11 bits per heavy atom. The fourth-order valence-electron chi connectivity index (χ4n) is 3.11. The molecule has 1 amide bonds. The number of carbonyl (C=O) groups excluding carboxylic acids is 2. The van der Waals surface area contributed by atoms with Crippen LogP contribution in [-0.2, 0) is 4.74 Å². The molecule has 0 aliphatic carbocycles. The largest absolute Gasteiger partial charge is 0.465 e. The van der Waals surface area contributed by atoms with Crippen molar-refractivity contribution in [3.63, 3.8) is 0 Å². The van der Waals surface area contributed by atoms with Gasteiger partial charge in [0.2, 0.25) is 0 Å². The van der Waals surface area contributed by atoms with E-state index in [2.05, 4.69) is 31.8 Å². The lowest BCUT2D eigenvalue weighted by molar-refractivity contribution is 0.0600. The molecule has 1 aliphatic rings. The molecule has 1 aromatic carbocycles. The van der Waals surface area contributed by atoms with Crippen LogP contribution in [0.4, 0.5) is 11.4 Å². The van der Waals surface area contributed by atoms with Gasteiger partial charge in [0.25, 0.3) is 5.91 Å². The summed E-state index contributed by atoms with van der Waals surface area (Å²) >= 11 is 0. The zero-order valence-electron chi connectivity index (χ0n) is 15.6. The minimum Gasteiger partial charge on any atom is -0.465 e. The van der Waals surface area contributed by atoms with Crippen molar-refractivity contribution in [1.29, 1.82) is 0 Å². The van der Waals surface area contributed by atoms with Crippen LogP contribution < -0.4 is 10.2 Å². The van der Waals surface area contributed by atoms with Crippen molar-refractivity contribution in [2.75, 3.05) is 50.1 Å². The molecule has 1 saturated heterocycles. The number of nitrogens with zero attached hydrogens (tertiary/aromatic N) is 3. The first-order valence-electron chi connectivity index (χ1n) is 9.04. The average molecular weight is 368 g/mol. The molecule has 2 aromatic rings. The van der Waals surface area contributed by atoms with Crippen LogP contribution in [0.3, 0.4) is 0 Å². The summed E-state index contributed by atoms with van der Waals surface area (Å²) < 4.78 is 4.64. The van der Waals surface area contributed by atoms with E-state index in [-0.39, 0.29) is 11.6 Å². The smallest absolute Gasteiger partial charge is 0.339 e. The van der Waals surface area contributed by atoms with Gasteiger partial charge in [0.05, 0.1) is 24.0 Å². The number of nitrogens with one attached hydrogen (secondary N) is 1. The lowest BCUT2D eigenvalue weighted by Crippen LogP contribution is -2.46. The van der Waals surface area contributed by atoms with E-state index in [0.717, 1.165) is 44.1 Å². The number of amides is 1. The summed E-state index contributed by atoms with van der Waals surface area (Å²) in [5, 5.41) is 2.94. The number of esters is 1. The molecule has 1 N–H and O–H groups in total. The van der Waals surface area contributed by atoms with Gasteiger partial charge in [-0.05, 0) is 30.8 Å². The molecule has 27 heavy (non-hydrogen) atoms. The summed E-state index contributed by atoms with van der Waals surface area (Å²) in [7, 11) is 1.31. The number of para-hydroxylation sites is 2. The number of carbonyl (C=O) groups is 2. The summed E-state index contributed by atoms with van der Waals surface area (Å²) in [6.45, 7) is 7.09. The highest BCUT2D eigenvalue weighted by molar-refractivity contribution is 6.05. The fourth-order valence-corrected chi connectivity index (χ4v) is 3.11. The molecule has 0 atom stereocenters. The Morgan fingerprint density at radius 3 is 2.48 bits per heavy atom. The molecule has 1 aliphatic heterocycles. The minimum absolute atomic E-state index is 0.244. The molecule has 0 unspecified atom stereocenters. The Morgan fingerprint density at radius 2 is 1.85 bits per heavy atom. The zero-order chi connectivity index (χ0) is 19.2. The summed E-state index contributed by atoms with van der Waals surface area (Å²) in [6, 6.07) is 10.8. The molecule has 0 spiro atoms. The first-order chi connectivity index (χ1) is 13.1. The molecular weight excluding hydrogens is 344 g/mol. The van der Waals surface area contributed by atoms with Crippen molar-refractivity contribution < 1.29 is 14.3 Å². The van der Waals surface area contributed by atoms with Crippen molar-refractivity contribution in [1.82, 2.24) is 9.88 Å². The maximum absolute atomic E-state index is 12.6. The summed E-state index contributed by atoms with van der Waals surface area (Å²) in [5.74, 6) is -0.794. The highest BCUT2D eigenvalue weighted by Gasteiger charge is 2.19. The molecule has 0 saturated carbocycles. The van der Waals surface area contributed by atoms with Gasteiger partial charge in [-0.1, -0.05) is 19.1 Å². The third-order valence-electron chi connectivity index (χ3n) is 4.73. The topological polar surface area (TPSA) is 74.8 Å². The van der Waals surface area contributed by atoms with Gasteiger partial charge in [-0.3, -0.25) is 9.78 Å². The molecule has 7 nitrogen and oxygen atoms in total. The second kappa shape index (κ2) is 8.64. The number of piperazine rings is 1. The Labute approximate surface area is 158 Å². The van der Waals surface area contributed by atoms with Gasteiger partial charge in [0.15, 0.2) is 0 Å². The third kappa shape index (κ3) is 4.43. The van der Waals surface area contributed by atoms with Crippen LogP contribution in [0.1, 0.15) is 27.8 Å². The van der Waals surface area contributed by atoms with Gasteiger partial charge in [-0.25, -0.2) is 4.79 Å². The van der Waals surface area contributed by atoms with Crippen LogP contribution in [0.15, 0.2) is 42.6 Å². The van der Waals surface area contributed by atoms with Crippen LogP contribution in [0.25, 0.3) is 0 Å². The summed E-state index contributed by atoms with van der Waals surface area (Å²) in [6.07, 6.45) is 1.34. The molecule has 142 valence electrons. The van der Waals surface area contributed by atoms with Gasteiger partial charge < -0.3 is 19.9 Å². The van der Waals surface area contributed by atoms with E-state index in [4.69, 9.17) is 0 Å². The number of ether oxygens (including phenoxy) is 1. The number of rotatable bonds is 5. The number of anilines is 2. The number of likely N-dealkylation sites (N-methyl/N-ethyl adjacent to an activating group) is 1. The number of methoxy groups -OCH3 is 1. The Balaban J connectivity index is 1.72. The van der Waals surface area contributed by atoms with E-state index in [1.165, 1.54) is 25.4 Å². The van der Waals surface area contributed by atoms with Crippen molar-refractivity contribution in [3.05, 3.63) is 53.9 Å². The van der Waals surface area contributed by atoms with E-state index in [9.17, 15) is 9.59 Å². The highest BCUT2D eigenvalue weighted by Crippen LogP contribution is 2.27. The monoisotopic (exact) mass is 368 g/mol. The number of hydrogen-bond acceptors (Lipinski definition) is 6. The maximum Gasteiger partial charge on any atom is 0.339 e. The third-order valence-corrected chi connectivity index (χ3v) is 4.73. The van der Waals surface area contributed by atoms with Crippen molar-refractivity contribution in [2.45, 2.75) is 6.92 Å². The van der Waals surface area contributed by atoms with Gasteiger partial charge in [-0.2, -0.15) is 0 Å². The molecule has 3 rings (SSSR count). The lowest BCUT2D eigenvalue weighted by Gasteiger charge is -2.36. The van der Waals surface area contributed by atoms with Crippen LogP contribution in [0, 0.1) is 0 Å². The van der Waals surface area contributed by atoms with Crippen LogP contribution in [0.2, 0.25) is 0 Å². The molecule has 0 bridgehead atoms. The number of pyridine rings is 1. The quantitative estimate of drug-likeness (QED) is 0.816. The van der Waals surface area contributed by atoms with Gasteiger partial charge >= 0.3 is 5.97 Å². The first kappa shape index (κ1) is 18.8. The SMILES string of the molecule is CCN1CCN(c2ccccc2NC(=O)c2ccc(C(=O)OC)cn2)CC1. The molecule has 1 aromatic heterocycles. The molecule has 2 heterocycles. The minimum atomic E-state index is -0.481. The summed E-state index contributed by atoms with van der Waals surface area (Å²) in [4.78, 5) is 32.8. The van der Waals surface area contributed by atoms with E-state index < -0.39 is 5.97 Å². The standard InChI is InChI=1S/C20H24N4O3/c1-3-23-10-12-24(13-11-23)18-7-5-4-6-16(18)22-19(25)17-9-8-15(14-21-17)20(26)27-2/h4-9,14H,3,10-13H2,1-2H3,(H,22,25). The molecule has 1 fully saturated rings.